The van der Waals surface area contributed by atoms with Gasteiger partial charge < -0.3 is 14.8 Å². The summed E-state index contributed by atoms with van der Waals surface area (Å²) >= 11 is 0. The molecule has 2 aliphatic rings. The molecule has 142 valence electrons. The lowest BCUT2D eigenvalue weighted by molar-refractivity contribution is -0.0390. The number of nitrogens with zero attached hydrogens (tertiary/aromatic N) is 1. The first-order valence-electron chi connectivity index (χ1n) is 9.53. The summed E-state index contributed by atoms with van der Waals surface area (Å²) in [6, 6.07) is 16.3. The maximum atomic E-state index is 12.8. The van der Waals surface area contributed by atoms with E-state index < -0.39 is 0 Å². The van der Waals surface area contributed by atoms with E-state index >= 15 is 0 Å². The zero-order chi connectivity index (χ0) is 18.8. The summed E-state index contributed by atoms with van der Waals surface area (Å²) in [7, 11) is 1.66. The van der Waals surface area contributed by atoms with Crippen LogP contribution < -0.4 is 10.1 Å². The maximum absolute atomic E-state index is 12.8. The first kappa shape index (κ1) is 18.0. The minimum atomic E-state index is -0.0100. The Morgan fingerprint density at radius 1 is 1.15 bits per heavy atom. The SMILES string of the molecule is COc1ccc(-c2cccc(C(=O)N[C@H]3C[C@H]4CO[C@@H](C)CN4C3)c2)cc1. The number of morpholine rings is 1. The van der Waals surface area contributed by atoms with E-state index in [4.69, 9.17) is 9.47 Å². The average Bonchev–Trinajstić information content (AvgIpc) is 3.09. The first-order valence-corrected chi connectivity index (χ1v) is 9.53. The number of amides is 1. The van der Waals surface area contributed by atoms with Crippen molar-refractivity contribution < 1.29 is 14.3 Å². The van der Waals surface area contributed by atoms with Crippen LogP contribution in [0.3, 0.4) is 0 Å². The van der Waals surface area contributed by atoms with E-state index in [2.05, 4.69) is 17.1 Å². The monoisotopic (exact) mass is 366 g/mol. The Bertz CT molecular complexity index is 805. The van der Waals surface area contributed by atoms with Crippen molar-refractivity contribution in [2.75, 3.05) is 26.8 Å². The molecule has 0 radical (unpaired) electrons. The van der Waals surface area contributed by atoms with Gasteiger partial charge in [0.1, 0.15) is 5.75 Å². The van der Waals surface area contributed by atoms with Crippen molar-refractivity contribution in [1.82, 2.24) is 10.2 Å². The Morgan fingerprint density at radius 2 is 1.96 bits per heavy atom. The van der Waals surface area contributed by atoms with Crippen LogP contribution in [0.25, 0.3) is 11.1 Å². The Morgan fingerprint density at radius 3 is 2.74 bits per heavy atom. The number of hydrogen-bond acceptors (Lipinski definition) is 4. The highest BCUT2D eigenvalue weighted by atomic mass is 16.5. The molecule has 5 heteroatoms. The first-order chi connectivity index (χ1) is 13.1. The number of hydrogen-bond donors (Lipinski definition) is 1. The van der Waals surface area contributed by atoms with Gasteiger partial charge in [-0.3, -0.25) is 9.69 Å². The summed E-state index contributed by atoms with van der Waals surface area (Å²) in [5, 5.41) is 3.21. The lowest BCUT2D eigenvalue weighted by Crippen LogP contribution is -2.45. The van der Waals surface area contributed by atoms with Crippen molar-refractivity contribution in [3.8, 4) is 16.9 Å². The van der Waals surface area contributed by atoms with Crippen molar-refractivity contribution in [3.63, 3.8) is 0 Å². The van der Waals surface area contributed by atoms with Crippen LogP contribution in [0.5, 0.6) is 5.75 Å². The Hall–Kier alpha value is -2.37. The van der Waals surface area contributed by atoms with Crippen LogP contribution >= 0.6 is 0 Å². The summed E-state index contributed by atoms with van der Waals surface area (Å²) in [5.74, 6) is 0.813. The van der Waals surface area contributed by atoms with E-state index in [9.17, 15) is 4.79 Å². The van der Waals surface area contributed by atoms with Gasteiger partial charge in [0, 0.05) is 30.7 Å². The van der Waals surface area contributed by atoms with Gasteiger partial charge in [-0.2, -0.15) is 0 Å². The number of ether oxygens (including phenoxy) is 2. The van der Waals surface area contributed by atoms with Crippen LogP contribution in [0.2, 0.25) is 0 Å². The number of carbonyl (C=O) groups is 1. The number of methoxy groups -OCH3 is 1. The second-order valence-electron chi connectivity index (χ2n) is 7.47. The van der Waals surface area contributed by atoms with Crippen LogP contribution in [0.15, 0.2) is 48.5 Å². The van der Waals surface area contributed by atoms with Crippen molar-refractivity contribution >= 4 is 5.91 Å². The van der Waals surface area contributed by atoms with Gasteiger partial charge in [0.2, 0.25) is 0 Å². The molecule has 0 bridgehead atoms. The molecule has 2 aromatic rings. The zero-order valence-corrected chi connectivity index (χ0v) is 15.9. The fourth-order valence-electron chi connectivity index (χ4n) is 4.04. The molecule has 1 N–H and O–H groups in total. The molecule has 2 heterocycles. The average molecular weight is 366 g/mol. The van der Waals surface area contributed by atoms with E-state index in [0.29, 0.717) is 11.6 Å². The summed E-state index contributed by atoms with van der Waals surface area (Å²) in [5.41, 5.74) is 2.78. The molecule has 0 spiro atoms. The van der Waals surface area contributed by atoms with Crippen molar-refractivity contribution in [2.24, 2.45) is 0 Å². The van der Waals surface area contributed by atoms with Gasteiger partial charge in [0.15, 0.2) is 0 Å². The van der Waals surface area contributed by atoms with Gasteiger partial charge in [0.25, 0.3) is 5.91 Å². The summed E-state index contributed by atoms with van der Waals surface area (Å²) < 4.78 is 11.0. The van der Waals surface area contributed by atoms with Gasteiger partial charge in [-0.25, -0.2) is 0 Å². The van der Waals surface area contributed by atoms with E-state index in [1.54, 1.807) is 7.11 Å². The summed E-state index contributed by atoms with van der Waals surface area (Å²) in [6.07, 6.45) is 1.23. The van der Waals surface area contributed by atoms with Crippen LogP contribution in [0.1, 0.15) is 23.7 Å². The number of fused-ring (bicyclic) bond motifs is 1. The second kappa shape index (κ2) is 7.71. The molecule has 0 unspecified atom stereocenters. The van der Waals surface area contributed by atoms with Crippen LogP contribution in [-0.2, 0) is 4.74 Å². The molecule has 2 aliphatic heterocycles. The van der Waals surface area contributed by atoms with Gasteiger partial charge in [-0.15, -0.1) is 0 Å². The smallest absolute Gasteiger partial charge is 0.251 e. The normalized spacial score (nSPS) is 25.0. The van der Waals surface area contributed by atoms with Gasteiger partial charge >= 0.3 is 0 Å². The van der Waals surface area contributed by atoms with E-state index in [1.165, 1.54) is 0 Å². The highest BCUT2D eigenvalue weighted by Crippen LogP contribution is 2.25. The minimum absolute atomic E-state index is 0.0100. The Balaban J connectivity index is 1.43. The fraction of sp³-hybridized carbons (Fsp3) is 0.409. The third-order valence-corrected chi connectivity index (χ3v) is 5.48. The Kier molecular flexibility index (Phi) is 5.14. The molecule has 4 rings (SSSR count). The van der Waals surface area contributed by atoms with Crippen LogP contribution in [0.4, 0.5) is 0 Å². The molecule has 1 amide bonds. The van der Waals surface area contributed by atoms with Crippen LogP contribution in [-0.4, -0.2) is 55.8 Å². The molecule has 3 atom stereocenters. The van der Waals surface area contributed by atoms with Crippen LogP contribution in [0, 0.1) is 0 Å². The van der Waals surface area contributed by atoms with E-state index in [-0.39, 0.29) is 18.1 Å². The minimum Gasteiger partial charge on any atom is -0.497 e. The predicted molar refractivity (Wildman–Crippen MR) is 105 cm³/mol. The van der Waals surface area contributed by atoms with Crippen molar-refractivity contribution in [3.05, 3.63) is 54.1 Å². The Labute approximate surface area is 160 Å². The second-order valence-corrected chi connectivity index (χ2v) is 7.47. The summed E-state index contributed by atoms with van der Waals surface area (Å²) in [4.78, 5) is 15.2. The van der Waals surface area contributed by atoms with Crippen molar-refractivity contribution in [2.45, 2.75) is 31.5 Å². The molecule has 0 aromatic heterocycles. The quantitative estimate of drug-likeness (QED) is 0.904. The lowest BCUT2D eigenvalue weighted by atomic mass is 10.0. The third kappa shape index (κ3) is 3.99. The predicted octanol–water partition coefficient (Wildman–Crippen LogP) is 2.95. The number of benzene rings is 2. The standard InChI is InChI=1S/C22H26N2O3/c1-15-12-24-13-19(11-20(24)14-27-15)23-22(25)18-5-3-4-17(10-18)16-6-8-21(26-2)9-7-16/h3-10,15,19-20H,11-14H2,1-2H3,(H,23,25)/t15-,19-,20-/m0/s1. The third-order valence-electron chi connectivity index (χ3n) is 5.48. The van der Waals surface area contributed by atoms with E-state index in [1.807, 2.05) is 48.5 Å². The molecule has 2 saturated heterocycles. The fourth-order valence-corrected chi connectivity index (χ4v) is 4.04. The molecular formula is C22H26N2O3. The topological polar surface area (TPSA) is 50.8 Å². The van der Waals surface area contributed by atoms with E-state index in [0.717, 1.165) is 43.0 Å². The molecule has 2 aromatic carbocycles. The van der Waals surface area contributed by atoms with Gasteiger partial charge in [0.05, 0.1) is 19.8 Å². The number of nitrogens with one attached hydrogen (secondary N) is 1. The largest absolute Gasteiger partial charge is 0.497 e. The van der Waals surface area contributed by atoms with Gasteiger partial charge in [-0.1, -0.05) is 24.3 Å². The molecule has 5 nitrogen and oxygen atoms in total. The molecular weight excluding hydrogens is 340 g/mol. The number of carbonyl (C=O) groups excluding carboxylic acids is 1. The highest BCUT2D eigenvalue weighted by Gasteiger charge is 2.36. The molecule has 27 heavy (non-hydrogen) atoms. The van der Waals surface area contributed by atoms with Gasteiger partial charge in [-0.05, 0) is 48.7 Å². The molecule has 2 fully saturated rings. The lowest BCUT2D eigenvalue weighted by Gasteiger charge is -2.33. The van der Waals surface area contributed by atoms with Crippen molar-refractivity contribution in [1.29, 1.82) is 0 Å². The maximum Gasteiger partial charge on any atom is 0.251 e. The highest BCUT2D eigenvalue weighted by molar-refractivity contribution is 5.95. The molecule has 0 saturated carbocycles. The molecule has 0 aliphatic carbocycles. The summed E-state index contributed by atoms with van der Waals surface area (Å²) in [6.45, 7) is 4.72. The zero-order valence-electron chi connectivity index (χ0n) is 15.9. The number of rotatable bonds is 4.